The molecule has 0 radical (unpaired) electrons. The number of rotatable bonds is 5. The minimum absolute atomic E-state index is 0. The van der Waals surface area contributed by atoms with E-state index in [4.69, 9.17) is 59.9 Å². The van der Waals surface area contributed by atoms with Gasteiger partial charge in [0.15, 0.2) is 13.3 Å². The van der Waals surface area contributed by atoms with Crippen molar-refractivity contribution in [3.8, 4) is 0 Å². The monoisotopic (exact) mass is 838 g/mol. The minimum Gasteiger partial charge on any atom is -0.722 e. The number of hydrogen-bond donors (Lipinski definition) is 3. The first kappa shape index (κ1) is 53.4. The molecule has 0 spiro atoms. The molecule has 12 unspecified atom stereocenters. The van der Waals surface area contributed by atoms with Crippen LogP contribution >= 0.6 is 0 Å². The molecule has 2 aliphatic heterocycles. The Morgan fingerprint density at radius 3 is 1.45 bits per heavy atom. The molecule has 4 saturated carbocycles. The molecule has 28 heteroatoms. The molecule has 294 valence electrons. The van der Waals surface area contributed by atoms with E-state index in [9.17, 15) is 45.6 Å². The number of alkyl halides is 2. The van der Waals surface area contributed by atoms with Crippen LogP contribution in [0, 0.1) is 47.3 Å². The van der Waals surface area contributed by atoms with Gasteiger partial charge in [-0.3, -0.25) is 19.2 Å². The Balaban J connectivity index is 0. The van der Waals surface area contributed by atoms with Gasteiger partial charge in [0.1, 0.15) is 18.3 Å². The zero-order valence-corrected chi connectivity index (χ0v) is 34.0. The van der Waals surface area contributed by atoms with E-state index < -0.39 is 100 Å². The number of esters is 5. The number of aliphatic hydroxyl groups excluding tert-OH is 2. The number of halogens is 4. The number of carbonyl (C=O) groups is 6. The minimum atomic E-state index is -5.42. The summed E-state index contributed by atoms with van der Waals surface area (Å²) in [5.41, 5.74) is 0. The number of carbonyl (C=O) groups excluding carboxylic acids is 5. The third-order valence-corrected chi connectivity index (χ3v) is 8.56. The SMILES string of the molecule is CO.COC(=O)C1C2CC3C(OC(=O)C31)C2O.COC(=O)C1C2CC3C(OC(=O)C31)C2OC(=O)CF.O=C(O)CF.O=S(=O)([O-])F.O=S(=O)([O-])F.[Na+].[Na+]. The molecule has 53 heavy (non-hydrogen) atoms. The molecule has 12 atom stereocenters. The van der Waals surface area contributed by atoms with Crippen molar-refractivity contribution >= 4 is 56.8 Å². The van der Waals surface area contributed by atoms with Crippen molar-refractivity contribution in [1.29, 1.82) is 0 Å². The van der Waals surface area contributed by atoms with Crippen molar-refractivity contribution in [3.63, 3.8) is 0 Å². The molecule has 0 aromatic heterocycles. The first-order chi connectivity index (χ1) is 23.5. The molecule has 2 heterocycles. The molecule has 0 amide bonds. The third-order valence-electron chi connectivity index (χ3n) is 8.56. The molecule has 6 aliphatic rings. The van der Waals surface area contributed by atoms with Gasteiger partial charge in [-0.05, 0) is 12.8 Å². The second-order valence-corrected chi connectivity index (χ2v) is 12.5. The van der Waals surface area contributed by atoms with Gasteiger partial charge in [0.2, 0.25) is 0 Å². The molecule has 6 fully saturated rings. The largest absolute Gasteiger partial charge is 1.00 e. The number of carboxylic acids is 1. The zero-order valence-electron chi connectivity index (χ0n) is 28.4. The predicted molar refractivity (Wildman–Crippen MR) is 146 cm³/mol. The van der Waals surface area contributed by atoms with E-state index in [1.165, 1.54) is 14.2 Å². The van der Waals surface area contributed by atoms with Gasteiger partial charge >= 0.3 is 94.9 Å². The Morgan fingerprint density at radius 1 is 0.755 bits per heavy atom. The molecule has 4 aliphatic carbocycles. The molecule has 2 saturated heterocycles. The summed E-state index contributed by atoms with van der Waals surface area (Å²) in [6.07, 6.45) is -1.10. The summed E-state index contributed by atoms with van der Waals surface area (Å²) in [7, 11) is -7.28. The summed E-state index contributed by atoms with van der Waals surface area (Å²) >= 11 is 0. The Morgan fingerprint density at radius 2 is 1.09 bits per heavy atom. The van der Waals surface area contributed by atoms with E-state index in [2.05, 4.69) is 4.74 Å². The van der Waals surface area contributed by atoms with E-state index in [0.717, 1.165) is 7.11 Å². The topological polar surface area (TPSA) is 324 Å². The van der Waals surface area contributed by atoms with Gasteiger partial charge in [-0.15, -0.1) is 7.77 Å². The van der Waals surface area contributed by atoms with Gasteiger partial charge in [-0.1, -0.05) is 0 Å². The van der Waals surface area contributed by atoms with Crippen LogP contribution < -0.4 is 59.1 Å². The fraction of sp³-hybridized carbons (Fsp3) is 0.760. The maximum Gasteiger partial charge on any atom is 1.00 e. The van der Waals surface area contributed by atoms with Crippen molar-refractivity contribution in [3.05, 3.63) is 0 Å². The van der Waals surface area contributed by atoms with Crippen LogP contribution in [-0.4, -0.2) is 136 Å². The van der Waals surface area contributed by atoms with Gasteiger partial charge < -0.3 is 48.1 Å². The van der Waals surface area contributed by atoms with Gasteiger partial charge in [-0.25, -0.2) is 35.2 Å². The van der Waals surface area contributed by atoms with Gasteiger partial charge in [0, 0.05) is 30.8 Å². The first-order valence-electron chi connectivity index (χ1n) is 14.0. The van der Waals surface area contributed by atoms with Crippen LogP contribution in [0.1, 0.15) is 12.8 Å². The van der Waals surface area contributed by atoms with Gasteiger partial charge in [-0.2, -0.15) is 0 Å². The van der Waals surface area contributed by atoms with E-state index >= 15 is 0 Å². The van der Waals surface area contributed by atoms with Crippen molar-refractivity contribution in [2.45, 2.75) is 37.3 Å². The summed E-state index contributed by atoms with van der Waals surface area (Å²) in [5, 5.41) is 24.2. The average Bonchev–Trinajstić information content (AvgIpc) is 3.85. The van der Waals surface area contributed by atoms with E-state index in [1.807, 2.05) is 0 Å². The number of hydrogen-bond acceptors (Lipinski definition) is 19. The molecule has 4 bridgehead atoms. The average molecular weight is 839 g/mol. The molecule has 3 N–H and O–H groups in total. The van der Waals surface area contributed by atoms with Crippen LogP contribution in [0.5, 0.6) is 0 Å². The van der Waals surface area contributed by atoms with Crippen LogP contribution in [-0.2, 0) is 73.5 Å². The number of aliphatic hydroxyl groups is 2. The molecule has 0 aromatic carbocycles. The van der Waals surface area contributed by atoms with Crippen molar-refractivity contribution in [2.24, 2.45) is 47.3 Å². The Hall–Kier alpha value is -1.72. The molecular weight excluding hydrogens is 806 g/mol. The fourth-order valence-electron chi connectivity index (χ4n) is 7.26. The predicted octanol–water partition coefficient (Wildman–Crippen LogP) is -8.33. The van der Waals surface area contributed by atoms with Crippen molar-refractivity contribution < 1.29 is 169 Å². The summed E-state index contributed by atoms with van der Waals surface area (Å²) in [6.45, 7) is -2.51. The molecule has 6 rings (SSSR count). The standard InChI is InChI=1S/C12H13FO6.C10H12O5.C2H3FO2.CH4O.2FHO3S.2Na/c1-17-11(15)7-4-2-5-8(7)12(16)19-10(5)9(4)18-6(14)3-13;1-14-9(12)5-3-2-4-6(5)10(13)15-8(4)7(3)11;3-1-2(4)5;1-2;2*1-5(2,3)4;;/h4-5,7-10H,2-3H2,1H3;3-8,11H,2H2,1H3;1H2,(H,4,5);2H,1H3;2*(H,2,3,4);;/q;;;;;;2*+1/p-2. The van der Waals surface area contributed by atoms with E-state index in [0.29, 0.717) is 12.8 Å². The van der Waals surface area contributed by atoms with Gasteiger partial charge in [0.05, 0.1) is 44.0 Å². The number of aliphatic carboxylic acids is 1. The quantitative estimate of drug-likeness (QED) is 0.0578. The van der Waals surface area contributed by atoms with Crippen LogP contribution in [0.4, 0.5) is 16.6 Å². The molecule has 0 aromatic rings. The van der Waals surface area contributed by atoms with E-state index in [1.54, 1.807) is 0 Å². The number of methoxy groups -OCH3 is 2. The van der Waals surface area contributed by atoms with Crippen molar-refractivity contribution in [2.75, 3.05) is 34.7 Å². The smallest absolute Gasteiger partial charge is 0.722 e. The maximum absolute atomic E-state index is 12.2. The zero-order chi connectivity index (χ0) is 39.8. The summed E-state index contributed by atoms with van der Waals surface area (Å²) in [5.74, 6) is -6.77. The summed E-state index contributed by atoms with van der Waals surface area (Å²) in [4.78, 5) is 66.7. The van der Waals surface area contributed by atoms with Gasteiger partial charge in [0.25, 0.3) is 21.0 Å². The second kappa shape index (κ2) is 22.7. The second-order valence-electron chi connectivity index (χ2n) is 11.0. The van der Waals surface area contributed by atoms with Crippen molar-refractivity contribution in [1.82, 2.24) is 0 Å². The van der Waals surface area contributed by atoms with Crippen LogP contribution in [0.2, 0.25) is 0 Å². The van der Waals surface area contributed by atoms with E-state index in [-0.39, 0.29) is 101 Å². The number of ether oxygens (including phenoxy) is 5. The Labute approximate surface area is 343 Å². The van der Waals surface area contributed by atoms with Crippen LogP contribution in [0.15, 0.2) is 0 Å². The first-order valence-corrected chi connectivity index (χ1v) is 16.7. The molecular formula is C25H32F4Na2O20S2. The summed E-state index contributed by atoms with van der Waals surface area (Å²) in [6, 6.07) is 0. The number of fused-ring (bicyclic) bond motifs is 2. The summed E-state index contributed by atoms with van der Waals surface area (Å²) < 4.78 is 118. The number of carboxylic acid groups (broad SMARTS) is 1. The molecule has 20 nitrogen and oxygen atoms in total. The maximum atomic E-state index is 12.2. The fourth-order valence-corrected chi connectivity index (χ4v) is 7.26. The Kier molecular flexibility index (Phi) is 22.9. The third kappa shape index (κ3) is 14.4. The Bertz CT molecular complexity index is 1480. The van der Waals surface area contributed by atoms with Crippen LogP contribution in [0.25, 0.3) is 0 Å². The van der Waals surface area contributed by atoms with Crippen LogP contribution in [0.3, 0.4) is 0 Å². The normalized spacial score (nSPS) is 32.4.